The van der Waals surface area contributed by atoms with Gasteiger partial charge in [0.15, 0.2) is 11.6 Å². The Labute approximate surface area is 133 Å². The van der Waals surface area contributed by atoms with Crippen LogP contribution in [-0.2, 0) is 15.5 Å². The second kappa shape index (κ2) is 5.67. The van der Waals surface area contributed by atoms with Crippen molar-refractivity contribution in [1.29, 1.82) is 0 Å². The van der Waals surface area contributed by atoms with Gasteiger partial charge in [-0.3, -0.25) is 0 Å². The average Bonchev–Trinajstić information content (AvgIpc) is 2.59. The number of ether oxygens (including phenoxy) is 1. The average molecular weight is 334 g/mol. The van der Waals surface area contributed by atoms with Gasteiger partial charge in [-0.05, 0) is 52.2 Å². The quantitative estimate of drug-likeness (QED) is 0.625. The van der Waals surface area contributed by atoms with Crippen molar-refractivity contribution < 1.29 is 31.6 Å². The first-order valence-electron chi connectivity index (χ1n) is 7.28. The van der Waals surface area contributed by atoms with Gasteiger partial charge >= 0.3 is 13.3 Å². The molecule has 0 atom stereocenters. The lowest BCUT2D eigenvalue weighted by Gasteiger charge is -2.32. The number of hydrogen-bond acceptors (Lipinski definition) is 3. The highest BCUT2D eigenvalue weighted by Crippen LogP contribution is 2.39. The minimum Gasteiger partial charge on any atom is -0.490 e. The van der Waals surface area contributed by atoms with Crippen LogP contribution < -0.4 is 10.2 Å². The topological polar surface area (TPSA) is 27.7 Å². The predicted molar refractivity (Wildman–Crippen MR) is 78.3 cm³/mol. The van der Waals surface area contributed by atoms with E-state index in [9.17, 15) is 17.6 Å². The van der Waals surface area contributed by atoms with Gasteiger partial charge in [0.1, 0.15) is 5.56 Å². The lowest BCUT2D eigenvalue weighted by Crippen LogP contribution is -2.41. The monoisotopic (exact) mass is 334 g/mol. The zero-order valence-corrected chi connectivity index (χ0v) is 13.7. The minimum atomic E-state index is -4.75. The minimum absolute atomic E-state index is 0.0306. The SMILES string of the molecule is CCOc1c(F)cc(B2OC(C)(C)C(C)(C)O2)cc1C(F)(F)F. The van der Waals surface area contributed by atoms with Gasteiger partial charge in [-0.2, -0.15) is 13.2 Å². The van der Waals surface area contributed by atoms with Crippen LogP contribution in [0.15, 0.2) is 12.1 Å². The fourth-order valence-electron chi connectivity index (χ4n) is 2.23. The van der Waals surface area contributed by atoms with Gasteiger partial charge in [-0.1, -0.05) is 0 Å². The molecule has 0 spiro atoms. The molecule has 1 aromatic rings. The summed E-state index contributed by atoms with van der Waals surface area (Å²) in [6.07, 6.45) is -4.75. The number of rotatable bonds is 3. The first-order chi connectivity index (χ1) is 10.4. The summed E-state index contributed by atoms with van der Waals surface area (Å²) in [5, 5.41) is 0. The molecule has 128 valence electrons. The van der Waals surface area contributed by atoms with Gasteiger partial charge in [0.05, 0.1) is 17.8 Å². The van der Waals surface area contributed by atoms with Gasteiger partial charge < -0.3 is 14.0 Å². The highest BCUT2D eigenvalue weighted by molar-refractivity contribution is 6.62. The molecule has 23 heavy (non-hydrogen) atoms. The summed E-state index contributed by atoms with van der Waals surface area (Å²) in [7, 11) is -1.08. The van der Waals surface area contributed by atoms with Crippen molar-refractivity contribution in [2.75, 3.05) is 6.61 Å². The van der Waals surface area contributed by atoms with Crippen LogP contribution in [0.2, 0.25) is 0 Å². The van der Waals surface area contributed by atoms with Crippen molar-refractivity contribution in [3.63, 3.8) is 0 Å². The van der Waals surface area contributed by atoms with E-state index in [-0.39, 0.29) is 12.1 Å². The zero-order chi connectivity index (χ0) is 17.6. The van der Waals surface area contributed by atoms with E-state index in [0.717, 1.165) is 12.1 Å². The Hall–Kier alpha value is -1.28. The molecule has 0 saturated carbocycles. The Balaban J connectivity index is 2.48. The molecule has 1 aromatic carbocycles. The summed E-state index contributed by atoms with van der Waals surface area (Å²) in [5.74, 6) is -1.90. The van der Waals surface area contributed by atoms with Gasteiger partial charge in [0.2, 0.25) is 0 Å². The number of hydrogen-bond donors (Lipinski definition) is 0. The molecule has 1 saturated heterocycles. The molecule has 8 heteroatoms. The first-order valence-corrected chi connectivity index (χ1v) is 7.28. The van der Waals surface area contributed by atoms with Crippen molar-refractivity contribution in [2.24, 2.45) is 0 Å². The molecular formula is C15H19BF4O3. The molecule has 1 aliphatic rings. The van der Waals surface area contributed by atoms with Gasteiger partial charge in [0, 0.05) is 0 Å². The molecule has 0 N–H and O–H groups in total. The lowest BCUT2D eigenvalue weighted by atomic mass is 9.78. The maximum atomic E-state index is 14.1. The molecule has 3 nitrogen and oxygen atoms in total. The Morgan fingerprint density at radius 2 is 1.61 bits per heavy atom. The van der Waals surface area contributed by atoms with Gasteiger partial charge in [-0.15, -0.1) is 0 Å². The standard InChI is InChI=1S/C15H19BF4O3/c1-6-21-12-10(15(18,19)20)7-9(8-11(12)17)16-22-13(2,3)14(4,5)23-16/h7-8H,6H2,1-5H3. The summed E-state index contributed by atoms with van der Waals surface area (Å²) in [4.78, 5) is 0. The Morgan fingerprint density at radius 1 is 1.09 bits per heavy atom. The van der Waals surface area contributed by atoms with Crippen molar-refractivity contribution >= 4 is 12.6 Å². The largest absolute Gasteiger partial charge is 0.494 e. The molecule has 0 radical (unpaired) electrons. The number of benzene rings is 1. The number of halogens is 4. The molecular weight excluding hydrogens is 315 g/mol. The normalized spacial score (nSPS) is 20.0. The maximum Gasteiger partial charge on any atom is 0.494 e. The summed E-state index contributed by atoms with van der Waals surface area (Å²) < 4.78 is 69.9. The molecule has 0 bridgehead atoms. The Kier molecular flexibility index (Phi) is 4.45. The van der Waals surface area contributed by atoms with Crippen LogP contribution in [0.4, 0.5) is 17.6 Å². The molecule has 1 fully saturated rings. The van der Waals surface area contributed by atoms with Crippen LogP contribution in [-0.4, -0.2) is 24.9 Å². The van der Waals surface area contributed by atoms with Crippen molar-refractivity contribution in [3.8, 4) is 5.75 Å². The highest BCUT2D eigenvalue weighted by Gasteiger charge is 2.52. The van der Waals surface area contributed by atoms with E-state index in [1.165, 1.54) is 6.92 Å². The highest BCUT2D eigenvalue weighted by atomic mass is 19.4. The fourth-order valence-corrected chi connectivity index (χ4v) is 2.23. The van der Waals surface area contributed by atoms with Crippen LogP contribution in [0.3, 0.4) is 0 Å². The lowest BCUT2D eigenvalue weighted by molar-refractivity contribution is -0.139. The summed E-state index contributed by atoms with van der Waals surface area (Å²) >= 11 is 0. The van der Waals surface area contributed by atoms with Crippen LogP contribution in [0.25, 0.3) is 0 Å². The van der Waals surface area contributed by atoms with Crippen LogP contribution in [0, 0.1) is 5.82 Å². The molecule has 0 unspecified atom stereocenters. The van der Waals surface area contributed by atoms with E-state index in [0.29, 0.717) is 0 Å². The van der Waals surface area contributed by atoms with Gasteiger partial charge in [-0.25, -0.2) is 4.39 Å². The van der Waals surface area contributed by atoms with E-state index < -0.39 is 41.6 Å². The van der Waals surface area contributed by atoms with Crippen molar-refractivity contribution in [2.45, 2.75) is 52.0 Å². The molecule has 1 aliphatic heterocycles. The first kappa shape index (κ1) is 18.1. The number of alkyl halides is 3. The Morgan fingerprint density at radius 3 is 2.04 bits per heavy atom. The summed E-state index contributed by atoms with van der Waals surface area (Å²) in [5.41, 5.74) is -2.67. The van der Waals surface area contributed by atoms with Gasteiger partial charge in [0.25, 0.3) is 0 Å². The second-order valence-corrected chi connectivity index (χ2v) is 6.40. The molecule has 1 heterocycles. The summed E-state index contributed by atoms with van der Waals surface area (Å²) in [6.45, 7) is 8.48. The van der Waals surface area contributed by atoms with Crippen LogP contribution in [0.5, 0.6) is 5.75 Å². The van der Waals surface area contributed by atoms with E-state index in [1.54, 1.807) is 27.7 Å². The van der Waals surface area contributed by atoms with Crippen LogP contribution in [0.1, 0.15) is 40.2 Å². The van der Waals surface area contributed by atoms with E-state index in [2.05, 4.69) is 0 Å². The molecule has 2 rings (SSSR count). The maximum absolute atomic E-state index is 14.1. The van der Waals surface area contributed by atoms with E-state index in [1.807, 2.05) is 0 Å². The third-order valence-corrected chi connectivity index (χ3v) is 4.19. The Bertz CT molecular complexity index is 583. The van der Waals surface area contributed by atoms with E-state index in [4.69, 9.17) is 14.0 Å². The fraction of sp³-hybridized carbons (Fsp3) is 0.600. The van der Waals surface area contributed by atoms with Crippen molar-refractivity contribution in [1.82, 2.24) is 0 Å². The smallest absolute Gasteiger partial charge is 0.490 e. The summed E-state index contributed by atoms with van der Waals surface area (Å²) in [6, 6.07) is 1.78. The van der Waals surface area contributed by atoms with Crippen LogP contribution >= 0.6 is 0 Å². The van der Waals surface area contributed by atoms with E-state index >= 15 is 0 Å². The van der Waals surface area contributed by atoms with Crippen molar-refractivity contribution in [3.05, 3.63) is 23.5 Å². The second-order valence-electron chi connectivity index (χ2n) is 6.40. The molecule has 0 aromatic heterocycles. The zero-order valence-electron chi connectivity index (χ0n) is 13.7. The molecule has 0 aliphatic carbocycles. The third kappa shape index (κ3) is 3.33. The molecule has 0 amide bonds. The predicted octanol–water partition coefficient (Wildman–Crippen LogP) is 3.54. The third-order valence-electron chi connectivity index (χ3n) is 4.19.